The van der Waals surface area contributed by atoms with Gasteiger partial charge in [0.1, 0.15) is 13.9 Å². The zero-order valence-electron chi connectivity index (χ0n) is 25.1. The van der Waals surface area contributed by atoms with Gasteiger partial charge >= 0.3 is 11.5 Å². The van der Waals surface area contributed by atoms with E-state index in [9.17, 15) is 14.5 Å². The molecule has 0 saturated carbocycles. The van der Waals surface area contributed by atoms with Gasteiger partial charge in [-0.25, -0.2) is 4.79 Å². The van der Waals surface area contributed by atoms with Crippen molar-refractivity contribution >= 4 is 27.1 Å². The molecule has 5 unspecified atom stereocenters. The van der Waals surface area contributed by atoms with E-state index in [0.717, 1.165) is 12.8 Å². The Morgan fingerprint density at radius 1 is 0.789 bits per heavy atom. The van der Waals surface area contributed by atoms with Gasteiger partial charge in [-0.3, -0.25) is 0 Å². The van der Waals surface area contributed by atoms with Crippen LogP contribution >= 0.6 is 21.1 Å². The van der Waals surface area contributed by atoms with Crippen LogP contribution in [-0.4, -0.2) is 34.9 Å². The van der Waals surface area contributed by atoms with E-state index in [1.807, 2.05) is 6.92 Å². The SMILES string of the molecule is CCCCCCCCCCCCCC(CCCCCCC)CC(S)OC(CC)OC(O)([PH2]=O)C(=O)OCC. The number of hydrogen-bond acceptors (Lipinski definition) is 7. The van der Waals surface area contributed by atoms with Crippen molar-refractivity contribution in [2.75, 3.05) is 6.61 Å². The molecule has 0 aromatic carbocycles. The van der Waals surface area contributed by atoms with Gasteiger partial charge in [0.25, 0.3) is 0 Å². The highest BCUT2D eigenvalue weighted by Gasteiger charge is 2.41. The normalized spacial score (nSPS) is 15.9. The first-order valence-electron chi connectivity index (χ1n) is 15.7. The first-order chi connectivity index (χ1) is 18.4. The van der Waals surface area contributed by atoms with Crippen LogP contribution in [0.4, 0.5) is 0 Å². The van der Waals surface area contributed by atoms with E-state index in [2.05, 4.69) is 26.5 Å². The summed E-state index contributed by atoms with van der Waals surface area (Å²) in [6.07, 6.45) is 23.7. The molecule has 6 nitrogen and oxygen atoms in total. The molecule has 0 aliphatic heterocycles. The van der Waals surface area contributed by atoms with Gasteiger partial charge in [0.15, 0.2) is 6.29 Å². The summed E-state index contributed by atoms with van der Waals surface area (Å²) < 4.78 is 27.8. The second kappa shape index (κ2) is 25.9. The van der Waals surface area contributed by atoms with Crippen LogP contribution in [0.25, 0.3) is 0 Å². The van der Waals surface area contributed by atoms with Crippen molar-refractivity contribution in [1.82, 2.24) is 0 Å². The van der Waals surface area contributed by atoms with Crippen LogP contribution < -0.4 is 0 Å². The Kier molecular flexibility index (Phi) is 25.8. The fourth-order valence-corrected chi connectivity index (χ4v) is 5.62. The van der Waals surface area contributed by atoms with Crippen LogP contribution in [0.5, 0.6) is 0 Å². The van der Waals surface area contributed by atoms with Crippen LogP contribution in [0.3, 0.4) is 0 Å². The summed E-state index contributed by atoms with van der Waals surface area (Å²) in [5.41, 5.74) is -2.85. The van der Waals surface area contributed by atoms with Gasteiger partial charge in [0.05, 0.1) is 6.61 Å². The van der Waals surface area contributed by atoms with Gasteiger partial charge in [0, 0.05) is 0 Å². The molecule has 0 saturated heterocycles. The molecular formula is C30H61O6PS. The van der Waals surface area contributed by atoms with Crippen molar-refractivity contribution in [3.8, 4) is 0 Å². The Morgan fingerprint density at radius 2 is 1.24 bits per heavy atom. The minimum Gasteiger partial charge on any atom is -0.462 e. The number of esters is 1. The van der Waals surface area contributed by atoms with Crippen LogP contribution in [0, 0.1) is 5.92 Å². The lowest BCUT2D eigenvalue weighted by Crippen LogP contribution is -2.42. The molecule has 0 fully saturated rings. The predicted molar refractivity (Wildman–Crippen MR) is 164 cm³/mol. The Labute approximate surface area is 241 Å². The second-order valence-corrected chi connectivity index (χ2v) is 12.3. The minimum atomic E-state index is -2.46. The van der Waals surface area contributed by atoms with Crippen LogP contribution in [0.15, 0.2) is 0 Å². The maximum absolute atomic E-state index is 12.0. The van der Waals surface area contributed by atoms with E-state index in [-0.39, 0.29) is 12.0 Å². The molecule has 0 radical (unpaired) electrons. The van der Waals surface area contributed by atoms with Gasteiger partial charge in [0.2, 0.25) is 0 Å². The zero-order chi connectivity index (χ0) is 28.5. The number of carbonyl (C=O) groups is 1. The summed E-state index contributed by atoms with van der Waals surface area (Å²) in [5.74, 6) is -0.520. The fourth-order valence-electron chi connectivity index (χ4n) is 4.80. The molecule has 0 rings (SSSR count). The molecule has 0 aliphatic rings. The Balaban J connectivity index is 4.59. The maximum atomic E-state index is 12.0. The molecule has 0 spiro atoms. The summed E-state index contributed by atoms with van der Waals surface area (Å²) in [6, 6.07) is 0. The molecule has 0 aromatic rings. The van der Waals surface area contributed by atoms with Crippen LogP contribution in [-0.2, 0) is 23.6 Å². The Hall–Kier alpha value is -0.0700. The molecule has 0 bridgehead atoms. The average Bonchev–Trinajstić information content (AvgIpc) is 2.90. The number of rotatable bonds is 28. The van der Waals surface area contributed by atoms with Crippen molar-refractivity contribution in [1.29, 1.82) is 0 Å². The zero-order valence-corrected chi connectivity index (χ0v) is 27.1. The third-order valence-corrected chi connectivity index (χ3v) is 8.17. The lowest BCUT2D eigenvalue weighted by Gasteiger charge is -2.29. The molecule has 38 heavy (non-hydrogen) atoms. The number of hydrogen-bond donors (Lipinski definition) is 2. The lowest BCUT2D eigenvalue weighted by molar-refractivity contribution is -0.258. The number of aliphatic hydroxyl groups is 1. The van der Waals surface area contributed by atoms with Gasteiger partial charge in [-0.05, 0) is 25.7 Å². The van der Waals surface area contributed by atoms with Crippen LogP contribution in [0.1, 0.15) is 156 Å². The predicted octanol–water partition coefficient (Wildman–Crippen LogP) is 9.04. The highest BCUT2D eigenvalue weighted by molar-refractivity contribution is 7.80. The molecule has 0 aliphatic carbocycles. The van der Waals surface area contributed by atoms with Crippen molar-refractivity contribution in [3.05, 3.63) is 0 Å². The number of ether oxygens (including phenoxy) is 3. The van der Waals surface area contributed by atoms with E-state index < -0.39 is 26.2 Å². The largest absolute Gasteiger partial charge is 0.462 e. The maximum Gasteiger partial charge on any atom is 0.374 e. The van der Waals surface area contributed by atoms with E-state index in [1.165, 1.54) is 109 Å². The third-order valence-electron chi connectivity index (χ3n) is 7.15. The summed E-state index contributed by atoms with van der Waals surface area (Å²) in [6.45, 7) is 8.02. The number of carbonyl (C=O) groups excluding carboxylic acids is 1. The Morgan fingerprint density at radius 3 is 1.63 bits per heavy atom. The lowest BCUT2D eigenvalue weighted by atomic mass is 9.91. The summed E-state index contributed by atoms with van der Waals surface area (Å²) in [7, 11) is -1.95. The second-order valence-electron chi connectivity index (χ2n) is 10.7. The van der Waals surface area contributed by atoms with Crippen LogP contribution in [0.2, 0.25) is 0 Å². The quantitative estimate of drug-likeness (QED) is 0.0316. The highest BCUT2D eigenvalue weighted by Crippen LogP contribution is 2.30. The average molecular weight is 581 g/mol. The van der Waals surface area contributed by atoms with Crippen molar-refractivity contribution < 1.29 is 28.7 Å². The summed E-state index contributed by atoms with van der Waals surface area (Å²) >= 11 is 4.67. The smallest absolute Gasteiger partial charge is 0.374 e. The molecule has 0 aromatic heterocycles. The molecule has 228 valence electrons. The van der Waals surface area contributed by atoms with Gasteiger partial charge in [-0.2, -0.15) is 0 Å². The molecule has 0 amide bonds. The van der Waals surface area contributed by atoms with Crippen molar-refractivity contribution in [3.63, 3.8) is 0 Å². The number of unbranched alkanes of at least 4 members (excludes halogenated alkanes) is 14. The fraction of sp³-hybridized carbons (Fsp3) is 0.967. The Bertz CT molecular complexity index is 567. The van der Waals surface area contributed by atoms with E-state index >= 15 is 0 Å². The highest BCUT2D eigenvalue weighted by atomic mass is 32.1. The standard InChI is InChI=1S/C30H61O6PS/c1-5-9-11-13-14-15-16-17-18-20-22-24-26(23-21-19-12-10-6-2)25-28(38)35-27(7-3)36-30(32,37-33)29(31)34-8-4/h26-28,32,38H,5-25,37H2,1-4H3. The first-order valence-corrected chi connectivity index (χ1v) is 17.3. The molecule has 0 heterocycles. The van der Waals surface area contributed by atoms with Gasteiger partial charge in [-0.1, -0.05) is 136 Å². The van der Waals surface area contributed by atoms with Gasteiger partial charge < -0.3 is 23.9 Å². The monoisotopic (exact) mass is 580 g/mol. The molecule has 5 atom stereocenters. The van der Waals surface area contributed by atoms with Gasteiger partial charge in [-0.15, -0.1) is 12.6 Å². The topological polar surface area (TPSA) is 82.1 Å². The van der Waals surface area contributed by atoms with E-state index in [1.54, 1.807) is 6.92 Å². The van der Waals surface area contributed by atoms with Crippen molar-refractivity contribution in [2.45, 2.75) is 173 Å². The molecular weight excluding hydrogens is 519 g/mol. The van der Waals surface area contributed by atoms with E-state index in [0.29, 0.717) is 12.3 Å². The third kappa shape index (κ3) is 19.9. The molecule has 1 N–H and O–H groups in total. The summed E-state index contributed by atoms with van der Waals surface area (Å²) in [5, 5.41) is 10.4. The minimum absolute atomic E-state index is 0.0652. The first kappa shape index (κ1) is 37.9. The van der Waals surface area contributed by atoms with E-state index in [4.69, 9.17) is 14.2 Å². The number of thiol groups is 1. The van der Waals surface area contributed by atoms with Crippen molar-refractivity contribution in [2.24, 2.45) is 5.92 Å². The summed E-state index contributed by atoms with van der Waals surface area (Å²) in [4.78, 5) is 12.0. The molecule has 8 heteroatoms.